The van der Waals surface area contributed by atoms with Crippen LogP contribution in [-0.2, 0) is 9.53 Å². The molecule has 1 amide bonds. The fraction of sp³-hybridized carbons (Fsp3) is 0.692. The predicted molar refractivity (Wildman–Crippen MR) is 132 cm³/mol. The van der Waals surface area contributed by atoms with E-state index in [1.807, 2.05) is 18.7 Å². The molecule has 1 aliphatic heterocycles. The number of benzene rings is 1. The standard InChI is InChI=1S/C26H41N3O5/c1-18(2)29(17-22-15-27-13-21(22)14-28-16-23(30)19-6-7-19)26(31)20-8-9-24(33-4)25(12-20)34-11-5-10-32-3/h8-9,12,18-19,21-22,27-28H,5-7,10-11,13-17H2,1-4H3/t21-,22+/m1/s1. The van der Waals surface area contributed by atoms with E-state index in [9.17, 15) is 9.59 Å². The van der Waals surface area contributed by atoms with Crippen molar-refractivity contribution in [2.24, 2.45) is 17.8 Å². The number of nitrogens with zero attached hydrogens (tertiary/aromatic N) is 1. The molecule has 2 fully saturated rings. The van der Waals surface area contributed by atoms with Crippen LogP contribution in [0, 0.1) is 17.8 Å². The molecule has 190 valence electrons. The quantitative estimate of drug-likeness (QED) is 0.377. The molecule has 1 saturated carbocycles. The number of ketones is 1. The molecule has 1 heterocycles. The van der Waals surface area contributed by atoms with Crippen molar-refractivity contribution in [1.82, 2.24) is 15.5 Å². The van der Waals surface area contributed by atoms with E-state index < -0.39 is 0 Å². The smallest absolute Gasteiger partial charge is 0.254 e. The van der Waals surface area contributed by atoms with E-state index in [1.165, 1.54) is 0 Å². The van der Waals surface area contributed by atoms with Crippen molar-refractivity contribution in [3.8, 4) is 11.5 Å². The normalized spacial score (nSPS) is 19.9. The molecule has 0 bridgehead atoms. The number of hydrogen-bond acceptors (Lipinski definition) is 7. The van der Waals surface area contributed by atoms with Crippen LogP contribution in [0.15, 0.2) is 18.2 Å². The number of carbonyl (C=O) groups excluding carboxylic acids is 2. The molecule has 8 nitrogen and oxygen atoms in total. The van der Waals surface area contributed by atoms with Crippen molar-refractivity contribution in [2.75, 3.05) is 60.2 Å². The van der Waals surface area contributed by atoms with E-state index in [1.54, 1.807) is 32.4 Å². The van der Waals surface area contributed by atoms with Crippen LogP contribution in [0.1, 0.15) is 43.5 Å². The summed E-state index contributed by atoms with van der Waals surface area (Å²) in [4.78, 5) is 27.5. The molecule has 2 N–H and O–H groups in total. The number of carbonyl (C=O) groups is 2. The highest BCUT2D eigenvalue weighted by Gasteiger charge is 2.33. The first-order valence-electron chi connectivity index (χ1n) is 12.5. The molecule has 1 aliphatic carbocycles. The topological polar surface area (TPSA) is 89.1 Å². The summed E-state index contributed by atoms with van der Waals surface area (Å²) >= 11 is 0. The molecule has 0 unspecified atom stereocenters. The highest BCUT2D eigenvalue weighted by molar-refractivity contribution is 5.95. The Kier molecular flexibility index (Phi) is 10.2. The summed E-state index contributed by atoms with van der Waals surface area (Å²) in [5, 5.41) is 6.82. The molecular formula is C26H41N3O5. The third-order valence-corrected chi connectivity index (χ3v) is 6.69. The molecule has 3 rings (SSSR count). The van der Waals surface area contributed by atoms with Crippen LogP contribution >= 0.6 is 0 Å². The Morgan fingerprint density at radius 1 is 1.12 bits per heavy atom. The van der Waals surface area contributed by atoms with E-state index >= 15 is 0 Å². The summed E-state index contributed by atoms with van der Waals surface area (Å²) in [6.07, 6.45) is 2.85. The average Bonchev–Trinajstić information content (AvgIpc) is 3.59. The molecule has 34 heavy (non-hydrogen) atoms. The summed E-state index contributed by atoms with van der Waals surface area (Å²) in [5.74, 6) is 2.50. The van der Waals surface area contributed by atoms with E-state index in [4.69, 9.17) is 14.2 Å². The van der Waals surface area contributed by atoms with Gasteiger partial charge >= 0.3 is 0 Å². The molecule has 1 aromatic carbocycles. The van der Waals surface area contributed by atoms with Gasteiger partial charge in [-0.15, -0.1) is 0 Å². The lowest BCUT2D eigenvalue weighted by Crippen LogP contribution is -2.43. The van der Waals surface area contributed by atoms with Gasteiger partial charge in [0.2, 0.25) is 0 Å². The number of hydrogen-bond donors (Lipinski definition) is 2. The fourth-order valence-corrected chi connectivity index (χ4v) is 4.42. The molecule has 1 saturated heterocycles. The monoisotopic (exact) mass is 475 g/mol. The van der Waals surface area contributed by atoms with Crippen molar-refractivity contribution < 1.29 is 23.8 Å². The van der Waals surface area contributed by atoms with Gasteiger partial charge in [-0.3, -0.25) is 9.59 Å². The van der Waals surface area contributed by atoms with Crippen LogP contribution in [0.4, 0.5) is 0 Å². The zero-order valence-electron chi connectivity index (χ0n) is 21.1. The zero-order valence-corrected chi connectivity index (χ0v) is 21.1. The SMILES string of the molecule is COCCCOc1cc(C(=O)N(C[C@@H]2CNC[C@@H]2CNCC(=O)C2CC2)C(C)C)ccc1OC. The van der Waals surface area contributed by atoms with Crippen LogP contribution in [0.2, 0.25) is 0 Å². The van der Waals surface area contributed by atoms with Crippen LogP contribution in [0.3, 0.4) is 0 Å². The largest absolute Gasteiger partial charge is 0.493 e. The van der Waals surface area contributed by atoms with Crippen molar-refractivity contribution in [2.45, 2.75) is 39.2 Å². The van der Waals surface area contributed by atoms with E-state index in [2.05, 4.69) is 10.6 Å². The van der Waals surface area contributed by atoms with Gasteiger partial charge in [-0.05, 0) is 69.8 Å². The van der Waals surface area contributed by atoms with Gasteiger partial charge < -0.3 is 29.7 Å². The van der Waals surface area contributed by atoms with Gasteiger partial charge in [0.25, 0.3) is 5.91 Å². The highest BCUT2D eigenvalue weighted by atomic mass is 16.5. The Hall–Kier alpha value is -2.16. The van der Waals surface area contributed by atoms with Gasteiger partial charge in [-0.2, -0.15) is 0 Å². The second-order valence-corrected chi connectivity index (χ2v) is 9.66. The Bertz CT molecular complexity index is 812. The number of amides is 1. The summed E-state index contributed by atoms with van der Waals surface area (Å²) in [7, 11) is 3.26. The van der Waals surface area contributed by atoms with Gasteiger partial charge in [0, 0.05) is 50.8 Å². The van der Waals surface area contributed by atoms with Crippen molar-refractivity contribution in [3.05, 3.63) is 23.8 Å². The van der Waals surface area contributed by atoms with Crippen molar-refractivity contribution >= 4 is 11.7 Å². The van der Waals surface area contributed by atoms with Crippen molar-refractivity contribution in [3.63, 3.8) is 0 Å². The third-order valence-electron chi connectivity index (χ3n) is 6.69. The number of Topliss-reactive ketones (excluding diaryl/α,β-unsaturated/α-hetero) is 1. The summed E-state index contributed by atoms with van der Waals surface area (Å²) in [6, 6.07) is 5.43. The van der Waals surface area contributed by atoms with Crippen LogP contribution in [0.5, 0.6) is 11.5 Å². The van der Waals surface area contributed by atoms with Crippen LogP contribution in [-0.4, -0.2) is 82.8 Å². The van der Waals surface area contributed by atoms with Gasteiger partial charge in [0.15, 0.2) is 11.5 Å². The number of rotatable bonds is 15. The molecule has 8 heteroatoms. The van der Waals surface area contributed by atoms with E-state index in [0.29, 0.717) is 61.0 Å². The van der Waals surface area contributed by atoms with Gasteiger partial charge in [0.05, 0.1) is 20.3 Å². The van der Waals surface area contributed by atoms with Gasteiger partial charge in [-0.1, -0.05) is 0 Å². The molecule has 1 aromatic rings. The summed E-state index contributed by atoms with van der Waals surface area (Å²) < 4.78 is 16.4. The summed E-state index contributed by atoms with van der Waals surface area (Å²) in [5.41, 5.74) is 0.590. The number of ether oxygens (including phenoxy) is 3. The lowest BCUT2D eigenvalue weighted by atomic mass is 9.94. The molecular weight excluding hydrogens is 434 g/mol. The minimum atomic E-state index is -0.0121. The Morgan fingerprint density at radius 2 is 1.88 bits per heavy atom. The Morgan fingerprint density at radius 3 is 2.56 bits per heavy atom. The first-order chi connectivity index (χ1) is 16.4. The van der Waals surface area contributed by atoms with E-state index in [0.717, 1.165) is 38.9 Å². The maximum absolute atomic E-state index is 13.5. The first-order valence-corrected chi connectivity index (χ1v) is 12.5. The zero-order chi connectivity index (χ0) is 24.5. The first kappa shape index (κ1) is 26.4. The number of methoxy groups -OCH3 is 2. The third kappa shape index (κ3) is 7.42. The summed E-state index contributed by atoms with van der Waals surface area (Å²) in [6.45, 7) is 8.89. The lowest BCUT2D eigenvalue weighted by molar-refractivity contribution is -0.119. The maximum Gasteiger partial charge on any atom is 0.254 e. The molecule has 2 atom stereocenters. The maximum atomic E-state index is 13.5. The molecule has 0 aromatic heterocycles. The van der Waals surface area contributed by atoms with Crippen LogP contribution in [0.25, 0.3) is 0 Å². The molecule has 0 spiro atoms. The van der Waals surface area contributed by atoms with Crippen molar-refractivity contribution in [1.29, 1.82) is 0 Å². The molecule has 2 aliphatic rings. The minimum Gasteiger partial charge on any atom is -0.493 e. The Labute approximate surface area is 203 Å². The lowest BCUT2D eigenvalue weighted by Gasteiger charge is -2.32. The minimum absolute atomic E-state index is 0.0121. The van der Waals surface area contributed by atoms with E-state index in [-0.39, 0.29) is 17.9 Å². The predicted octanol–water partition coefficient (Wildman–Crippen LogP) is 2.37. The van der Waals surface area contributed by atoms with Crippen LogP contribution < -0.4 is 20.1 Å². The average molecular weight is 476 g/mol. The fourth-order valence-electron chi connectivity index (χ4n) is 4.42. The molecule has 0 radical (unpaired) electrons. The second kappa shape index (κ2) is 13.1. The Balaban J connectivity index is 1.62. The second-order valence-electron chi connectivity index (χ2n) is 9.66. The van der Waals surface area contributed by atoms with Gasteiger partial charge in [0.1, 0.15) is 5.78 Å². The highest BCUT2D eigenvalue weighted by Crippen LogP contribution is 2.30. The van der Waals surface area contributed by atoms with Gasteiger partial charge in [-0.25, -0.2) is 0 Å². The number of nitrogens with one attached hydrogen (secondary N) is 2.